The first-order valence-electron chi connectivity index (χ1n) is 14.4. The molecule has 0 aliphatic carbocycles. The van der Waals surface area contributed by atoms with Gasteiger partial charge in [0.1, 0.15) is 4.75 Å². The molecule has 0 saturated heterocycles. The van der Waals surface area contributed by atoms with Gasteiger partial charge in [-0.2, -0.15) is 5.10 Å². The van der Waals surface area contributed by atoms with Crippen LogP contribution in [0.15, 0.2) is 60.9 Å². The number of pyridine rings is 2. The van der Waals surface area contributed by atoms with Crippen molar-refractivity contribution < 1.29 is 8.98 Å². The summed E-state index contributed by atoms with van der Waals surface area (Å²) in [5, 5.41) is 5.90. The smallest absolute Gasteiger partial charge is 0.192 e. The lowest BCUT2D eigenvalue weighted by atomic mass is 10.1. The molecule has 3 aromatic heterocycles. The van der Waals surface area contributed by atoms with E-state index in [1.165, 1.54) is 0 Å². The average molecular weight is 592 g/mol. The Morgan fingerprint density at radius 3 is 2.49 bits per heavy atom. The molecule has 1 unspecified atom stereocenters. The maximum Gasteiger partial charge on any atom is 0.192 e. The van der Waals surface area contributed by atoms with Gasteiger partial charge in [-0.05, 0) is 75.7 Å². The molecule has 0 aliphatic rings. The molecule has 0 fully saturated rings. The minimum Gasteiger partial charge on any atom is -0.598 e. The Morgan fingerprint density at radius 1 is 1.05 bits per heavy atom. The Bertz CT molecular complexity index is 1470. The van der Waals surface area contributed by atoms with E-state index in [0.29, 0.717) is 6.61 Å². The first-order valence-corrected chi connectivity index (χ1v) is 18.5. The van der Waals surface area contributed by atoms with Gasteiger partial charge in [0.05, 0.1) is 47.1 Å². The Morgan fingerprint density at radius 2 is 1.80 bits per heavy atom. The van der Waals surface area contributed by atoms with Crippen molar-refractivity contribution in [2.75, 3.05) is 0 Å². The molecule has 0 radical (unpaired) electrons. The zero-order valence-corrected chi connectivity index (χ0v) is 27.8. The maximum atomic E-state index is 12.9. The van der Waals surface area contributed by atoms with Gasteiger partial charge in [0, 0.05) is 28.5 Å². The van der Waals surface area contributed by atoms with Gasteiger partial charge >= 0.3 is 0 Å². The van der Waals surface area contributed by atoms with E-state index >= 15 is 0 Å². The highest BCUT2D eigenvalue weighted by Gasteiger charge is 2.37. The second-order valence-corrected chi connectivity index (χ2v) is 20.0. The summed E-state index contributed by atoms with van der Waals surface area (Å²) < 4.78 is 24.2. The average Bonchev–Trinajstić information content (AvgIpc) is 3.34. The molecule has 3 heterocycles. The fourth-order valence-electron chi connectivity index (χ4n) is 4.20. The fraction of sp³-hybridized carbons (Fsp3) is 0.469. The van der Waals surface area contributed by atoms with Crippen LogP contribution in [0.25, 0.3) is 27.8 Å². The second kappa shape index (κ2) is 12.4. The number of nitrogens with one attached hydrogen (secondary N) is 1. The van der Waals surface area contributed by atoms with Crippen molar-refractivity contribution in [2.24, 2.45) is 0 Å². The van der Waals surface area contributed by atoms with Gasteiger partial charge in [-0.15, -0.1) is 4.72 Å². The summed E-state index contributed by atoms with van der Waals surface area (Å²) in [6, 6.07) is 16.3. The standard InChI is InChI=1S/C32H45N5O2SSi/c1-10-12-29(36-40(38)31(2,3)4)28-14-11-13-27(35-28)23-15-16-24-21-34-37(30(24)19-23)26-17-18-33-25(20-26)22-39-41(8,9)32(5,6)7/h11,13-21,29,36H,10,12,22H2,1-9H3/t29-,40?/m0/s1. The molecule has 220 valence electrons. The van der Waals surface area contributed by atoms with Crippen molar-refractivity contribution in [2.45, 2.75) is 96.8 Å². The summed E-state index contributed by atoms with van der Waals surface area (Å²) in [5.74, 6) is 0. The topological polar surface area (TPSA) is 87.9 Å². The number of hydrogen-bond acceptors (Lipinski definition) is 6. The van der Waals surface area contributed by atoms with E-state index in [4.69, 9.17) is 14.5 Å². The van der Waals surface area contributed by atoms with Gasteiger partial charge in [-0.25, -0.2) is 4.68 Å². The zero-order valence-electron chi connectivity index (χ0n) is 26.0. The lowest BCUT2D eigenvalue weighted by Gasteiger charge is -2.36. The third-order valence-corrected chi connectivity index (χ3v) is 13.9. The Hall–Kier alpha value is -2.56. The fourth-order valence-corrected chi connectivity index (χ4v) is 5.99. The number of fused-ring (bicyclic) bond motifs is 1. The first kappa shape index (κ1) is 31.4. The third kappa shape index (κ3) is 7.45. The normalized spacial score (nSPS) is 14.4. The Kier molecular flexibility index (Phi) is 9.45. The summed E-state index contributed by atoms with van der Waals surface area (Å²) in [4.78, 5) is 9.60. The van der Waals surface area contributed by atoms with Crippen LogP contribution in [0.5, 0.6) is 0 Å². The molecule has 1 aromatic carbocycles. The van der Waals surface area contributed by atoms with Gasteiger partial charge in [-0.3, -0.25) is 9.97 Å². The predicted molar refractivity (Wildman–Crippen MR) is 173 cm³/mol. The van der Waals surface area contributed by atoms with E-state index in [1.54, 1.807) is 0 Å². The molecule has 0 aliphatic heterocycles. The molecule has 1 N–H and O–H groups in total. The molecule has 2 atom stereocenters. The van der Waals surface area contributed by atoms with E-state index in [1.807, 2.05) is 62.1 Å². The van der Waals surface area contributed by atoms with Crippen molar-refractivity contribution in [1.82, 2.24) is 24.5 Å². The van der Waals surface area contributed by atoms with Crippen molar-refractivity contribution in [1.29, 1.82) is 0 Å². The molecule has 7 nitrogen and oxygen atoms in total. The summed E-state index contributed by atoms with van der Waals surface area (Å²) in [6.45, 7) is 19.8. The van der Waals surface area contributed by atoms with Gasteiger partial charge in [0.2, 0.25) is 0 Å². The number of aromatic nitrogens is 4. The van der Waals surface area contributed by atoms with Crippen LogP contribution < -0.4 is 4.72 Å². The van der Waals surface area contributed by atoms with Gasteiger partial charge < -0.3 is 8.98 Å². The third-order valence-electron chi connectivity index (χ3n) is 7.81. The molecule has 4 rings (SSSR count). The number of nitrogens with zero attached hydrogens (tertiary/aromatic N) is 4. The summed E-state index contributed by atoms with van der Waals surface area (Å²) in [6.07, 6.45) is 5.53. The predicted octanol–water partition coefficient (Wildman–Crippen LogP) is 7.90. The summed E-state index contributed by atoms with van der Waals surface area (Å²) in [7, 11) is -1.89. The molecule has 9 heteroatoms. The van der Waals surface area contributed by atoms with E-state index in [2.05, 4.69) is 74.8 Å². The van der Waals surface area contributed by atoms with Crippen LogP contribution in [0.2, 0.25) is 18.1 Å². The van der Waals surface area contributed by atoms with Crippen LogP contribution in [0.3, 0.4) is 0 Å². The van der Waals surface area contributed by atoms with Crippen LogP contribution in [-0.2, 0) is 22.4 Å². The van der Waals surface area contributed by atoms with E-state index < -0.39 is 19.7 Å². The van der Waals surface area contributed by atoms with Crippen LogP contribution in [0.4, 0.5) is 0 Å². The SMILES string of the molecule is CCC[C@H](N[S+]([O-])C(C)(C)C)c1cccc(-c2ccc3cnn(-c4ccnc(CO[Si](C)(C)C(C)(C)C)c4)c3c2)n1. The van der Waals surface area contributed by atoms with Crippen molar-refractivity contribution in [3.63, 3.8) is 0 Å². The second-order valence-electron chi connectivity index (χ2n) is 13.2. The molecule has 0 saturated carbocycles. The first-order chi connectivity index (χ1) is 19.2. The molecule has 0 spiro atoms. The molecule has 0 bridgehead atoms. The van der Waals surface area contributed by atoms with Crippen molar-refractivity contribution in [3.05, 3.63) is 72.3 Å². The minimum absolute atomic E-state index is 0.0851. The van der Waals surface area contributed by atoms with E-state index in [-0.39, 0.29) is 15.8 Å². The number of benzene rings is 1. The molecular weight excluding hydrogens is 547 g/mol. The lowest BCUT2D eigenvalue weighted by Crippen LogP contribution is -2.41. The highest BCUT2D eigenvalue weighted by atomic mass is 32.2. The van der Waals surface area contributed by atoms with Gasteiger partial charge in [-0.1, -0.05) is 52.3 Å². The van der Waals surface area contributed by atoms with Crippen LogP contribution in [0.1, 0.15) is 78.7 Å². The maximum absolute atomic E-state index is 12.9. The van der Waals surface area contributed by atoms with Crippen molar-refractivity contribution in [3.8, 4) is 16.9 Å². The summed E-state index contributed by atoms with van der Waals surface area (Å²) in [5.41, 5.74) is 5.61. The van der Waals surface area contributed by atoms with Crippen LogP contribution in [0, 0.1) is 0 Å². The molecular formula is C32H45N5O2SSi. The quantitative estimate of drug-likeness (QED) is 0.149. The molecule has 41 heavy (non-hydrogen) atoms. The van der Waals surface area contributed by atoms with Crippen LogP contribution in [-0.4, -0.2) is 37.4 Å². The minimum atomic E-state index is -1.89. The Labute approximate surface area is 249 Å². The van der Waals surface area contributed by atoms with Crippen molar-refractivity contribution >= 4 is 30.6 Å². The van der Waals surface area contributed by atoms with E-state index in [9.17, 15) is 4.55 Å². The van der Waals surface area contributed by atoms with Gasteiger partial charge in [0.15, 0.2) is 8.32 Å². The van der Waals surface area contributed by atoms with Crippen LogP contribution >= 0.6 is 0 Å². The lowest BCUT2D eigenvalue weighted by molar-refractivity contribution is 0.272. The zero-order chi connectivity index (χ0) is 30.0. The summed E-state index contributed by atoms with van der Waals surface area (Å²) >= 11 is -1.18. The Balaban J connectivity index is 1.63. The number of rotatable bonds is 10. The monoisotopic (exact) mass is 591 g/mol. The highest BCUT2D eigenvalue weighted by molar-refractivity contribution is 7.90. The van der Waals surface area contributed by atoms with Gasteiger partial charge in [0.25, 0.3) is 0 Å². The largest absolute Gasteiger partial charge is 0.598 e. The van der Waals surface area contributed by atoms with E-state index in [0.717, 1.165) is 52.1 Å². The molecule has 0 amide bonds. The molecule has 4 aromatic rings. The number of hydrogen-bond donors (Lipinski definition) is 1. The highest BCUT2D eigenvalue weighted by Crippen LogP contribution is 2.37.